The summed E-state index contributed by atoms with van der Waals surface area (Å²) in [5.74, 6) is -0.0525. The highest BCUT2D eigenvalue weighted by Gasteiger charge is 2.30. The van der Waals surface area contributed by atoms with E-state index in [0.29, 0.717) is 23.5 Å². The topological polar surface area (TPSA) is 66.5 Å². The Kier molecular flexibility index (Phi) is 5.91. The molecule has 150 valence electrons. The summed E-state index contributed by atoms with van der Waals surface area (Å²) < 4.78 is 29.2. The van der Waals surface area contributed by atoms with Crippen molar-refractivity contribution in [3.8, 4) is 0 Å². The number of nitrogens with zero attached hydrogens (tertiary/aromatic N) is 1. The lowest BCUT2D eigenvalue weighted by Crippen LogP contribution is -2.49. The molecule has 1 N–H and O–H groups in total. The van der Waals surface area contributed by atoms with Crippen LogP contribution < -0.4 is 4.72 Å². The normalized spacial score (nSPS) is 17.6. The van der Waals surface area contributed by atoms with E-state index in [-0.39, 0.29) is 11.9 Å². The third-order valence-corrected chi connectivity index (χ3v) is 7.41. The lowest BCUT2D eigenvalue weighted by Gasteiger charge is -2.33. The molecular formula is C22H28N2O3S. The summed E-state index contributed by atoms with van der Waals surface area (Å²) in [6.45, 7) is 8.59. The average Bonchev–Trinajstić information content (AvgIpc) is 2.66. The van der Waals surface area contributed by atoms with Crippen molar-refractivity contribution in [3.63, 3.8) is 0 Å². The number of carbonyl (C=O) groups excluding carboxylic acids is 1. The summed E-state index contributed by atoms with van der Waals surface area (Å²) in [5.41, 5.74) is 4.13. The van der Waals surface area contributed by atoms with Crippen LogP contribution in [0.5, 0.6) is 0 Å². The highest BCUT2D eigenvalue weighted by molar-refractivity contribution is 7.89. The number of carbonyl (C=O) groups is 1. The largest absolute Gasteiger partial charge is 0.337 e. The molecule has 3 rings (SSSR count). The number of hydrogen-bond acceptors (Lipinski definition) is 3. The van der Waals surface area contributed by atoms with E-state index in [9.17, 15) is 13.2 Å². The van der Waals surface area contributed by atoms with Gasteiger partial charge in [0.25, 0.3) is 5.91 Å². The van der Waals surface area contributed by atoms with Crippen molar-refractivity contribution in [2.45, 2.75) is 51.5 Å². The SMILES string of the molecule is Cc1cc(C)c(C)c(S(=O)(=O)NC2CCCN(C(=O)c3ccccc3)C2)c1C. The fraction of sp³-hybridized carbons (Fsp3) is 0.409. The van der Waals surface area contributed by atoms with Gasteiger partial charge in [-0.2, -0.15) is 0 Å². The Hall–Kier alpha value is -2.18. The smallest absolute Gasteiger partial charge is 0.253 e. The first kappa shape index (κ1) is 20.6. The van der Waals surface area contributed by atoms with Gasteiger partial charge < -0.3 is 4.90 Å². The van der Waals surface area contributed by atoms with E-state index in [1.165, 1.54) is 0 Å². The van der Waals surface area contributed by atoms with Crippen molar-refractivity contribution >= 4 is 15.9 Å². The molecule has 0 saturated carbocycles. The second kappa shape index (κ2) is 8.05. The van der Waals surface area contributed by atoms with Gasteiger partial charge in [0.2, 0.25) is 10.0 Å². The summed E-state index contributed by atoms with van der Waals surface area (Å²) in [4.78, 5) is 14.8. The number of likely N-dealkylation sites (tertiary alicyclic amines) is 1. The summed E-state index contributed by atoms with van der Waals surface area (Å²) in [7, 11) is -3.67. The average molecular weight is 401 g/mol. The number of sulfonamides is 1. The summed E-state index contributed by atoms with van der Waals surface area (Å²) in [5, 5.41) is 0. The van der Waals surface area contributed by atoms with E-state index in [0.717, 1.165) is 35.1 Å². The number of amides is 1. The molecule has 1 aliphatic heterocycles. The highest BCUT2D eigenvalue weighted by atomic mass is 32.2. The van der Waals surface area contributed by atoms with Crippen LogP contribution in [0.1, 0.15) is 45.5 Å². The van der Waals surface area contributed by atoms with Crippen LogP contribution in [0.3, 0.4) is 0 Å². The fourth-order valence-corrected chi connectivity index (χ4v) is 5.76. The van der Waals surface area contributed by atoms with Crippen LogP contribution in [0.25, 0.3) is 0 Å². The molecular weight excluding hydrogens is 372 g/mol. The second-order valence-corrected chi connectivity index (χ2v) is 9.32. The molecule has 5 nitrogen and oxygen atoms in total. The Balaban J connectivity index is 1.81. The molecule has 1 aliphatic rings. The molecule has 0 aromatic heterocycles. The van der Waals surface area contributed by atoms with Gasteiger partial charge in [-0.25, -0.2) is 13.1 Å². The molecule has 1 atom stereocenters. The Bertz CT molecular complexity index is 958. The van der Waals surface area contributed by atoms with E-state index >= 15 is 0 Å². The van der Waals surface area contributed by atoms with E-state index in [2.05, 4.69) is 4.72 Å². The van der Waals surface area contributed by atoms with Crippen molar-refractivity contribution in [2.75, 3.05) is 13.1 Å². The zero-order valence-electron chi connectivity index (χ0n) is 17.0. The summed E-state index contributed by atoms with van der Waals surface area (Å²) >= 11 is 0. The maximum atomic E-state index is 13.2. The third-order valence-electron chi connectivity index (χ3n) is 5.62. The minimum atomic E-state index is -3.67. The third kappa shape index (κ3) is 4.13. The van der Waals surface area contributed by atoms with Crippen molar-refractivity contribution in [1.29, 1.82) is 0 Å². The first-order chi connectivity index (χ1) is 13.2. The van der Waals surface area contributed by atoms with Gasteiger partial charge in [-0.1, -0.05) is 24.3 Å². The van der Waals surface area contributed by atoms with Crippen LogP contribution in [0.15, 0.2) is 41.3 Å². The number of hydrogen-bond donors (Lipinski definition) is 1. The van der Waals surface area contributed by atoms with Crippen LogP contribution in [0.2, 0.25) is 0 Å². The fourth-order valence-electron chi connectivity index (χ4n) is 3.88. The van der Waals surface area contributed by atoms with Gasteiger partial charge in [0, 0.05) is 24.7 Å². The Labute approximate surface area is 167 Å². The van der Waals surface area contributed by atoms with Gasteiger partial charge in [0.05, 0.1) is 4.90 Å². The van der Waals surface area contributed by atoms with Gasteiger partial charge in [-0.3, -0.25) is 4.79 Å². The van der Waals surface area contributed by atoms with Crippen LogP contribution >= 0.6 is 0 Å². The predicted molar refractivity (Wildman–Crippen MR) is 111 cm³/mol. The maximum absolute atomic E-state index is 13.2. The summed E-state index contributed by atoms with van der Waals surface area (Å²) in [6.07, 6.45) is 1.50. The minimum Gasteiger partial charge on any atom is -0.337 e. The zero-order chi connectivity index (χ0) is 20.5. The first-order valence-corrected chi connectivity index (χ1v) is 11.1. The second-order valence-electron chi connectivity index (χ2n) is 7.67. The number of benzene rings is 2. The van der Waals surface area contributed by atoms with Crippen LogP contribution in [-0.2, 0) is 10.0 Å². The molecule has 1 saturated heterocycles. The Morgan fingerprint density at radius 1 is 1.04 bits per heavy atom. The molecule has 1 amide bonds. The summed E-state index contributed by atoms with van der Waals surface area (Å²) in [6, 6.07) is 10.9. The van der Waals surface area contributed by atoms with Gasteiger partial charge in [-0.05, 0) is 74.9 Å². The standard InChI is InChI=1S/C22H28N2O3S/c1-15-13-16(2)18(4)21(17(15)3)28(26,27)23-20-11-8-12-24(14-20)22(25)19-9-6-5-7-10-19/h5-7,9-10,13,20,23H,8,11-12,14H2,1-4H3. The van der Waals surface area contributed by atoms with Crippen molar-refractivity contribution < 1.29 is 13.2 Å². The van der Waals surface area contributed by atoms with Crippen molar-refractivity contribution in [1.82, 2.24) is 9.62 Å². The molecule has 1 heterocycles. The van der Waals surface area contributed by atoms with E-state index < -0.39 is 10.0 Å². The molecule has 0 aliphatic carbocycles. The molecule has 0 radical (unpaired) electrons. The first-order valence-electron chi connectivity index (χ1n) is 9.64. The lowest BCUT2D eigenvalue weighted by molar-refractivity contribution is 0.0703. The lowest BCUT2D eigenvalue weighted by atomic mass is 10.0. The zero-order valence-corrected chi connectivity index (χ0v) is 17.8. The van der Waals surface area contributed by atoms with Gasteiger partial charge in [0.1, 0.15) is 0 Å². The highest BCUT2D eigenvalue weighted by Crippen LogP contribution is 2.27. The number of aryl methyl sites for hydroxylation is 2. The molecule has 0 bridgehead atoms. The quantitative estimate of drug-likeness (QED) is 0.854. The maximum Gasteiger partial charge on any atom is 0.253 e. The van der Waals surface area contributed by atoms with Crippen LogP contribution in [0.4, 0.5) is 0 Å². The van der Waals surface area contributed by atoms with E-state index in [4.69, 9.17) is 0 Å². The molecule has 2 aromatic rings. The van der Waals surface area contributed by atoms with Gasteiger partial charge >= 0.3 is 0 Å². The Morgan fingerprint density at radius 3 is 2.25 bits per heavy atom. The monoisotopic (exact) mass is 400 g/mol. The predicted octanol–water partition coefficient (Wildman–Crippen LogP) is 3.50. The van der Waals surface area contributed by atoms with E-state index in [1.54, 1.807) is 17.0 Å². The molecule has 1 unspecified atom stereocenters. The molecule has 28 heavy (non-hydrogen) atoms. The van der Waals surface area contributed by atoms with Crippen molar-refractivity contribution in [2.24, 2.45) is 0 Å². The molecule has 2 aromatic carbocycles. The Morgan fingerprint density at radius 2 is 1.64 bits per heavy atom. The van der Waals surface area contributed by atoms with Gasteiger partial charge in [-0.15, -0.1) is 0 Å². The minimum absolute atomic E-state index is 0.0525. The van der Waals surface area contributed by atoms with Crippen molar-refractivity contribution in [3.05, 3.63) is 64.2 Å². The number of piperidine rings is 1. The molecule has 1 fully saturated rings. The number of rotatable bonds is 4. The van der Waals surface area contributed by atoms with E-state index in [1.807, 2.05) is 52.0 Å². The molecule has 0 spiro atoms. The van der Waals surface area contributed by atoms with Gasteiger partial charge in [0.15, 0.2) is 0 Å². The van der Waals surface area contributed by atoms with Crippen LogP contribution in [0, 0.1) is 27.7 Å². The van der Waals surface area contributed by atoms with Crippen LogP contribution in [-0.4, -0.2) is 38.4 Å². The number of nitrogens with one attached hydrogen (secondary N) is 1. The molecule has 6 heteroatoms.